The summed E-state index contributed by atoms with van der Waals surface area (Å²) in [4.78, 5) is 35.1. The molecule has 0 aromatic carbocycles. The molecular formula is C17H25N5O4. The second-order valence-corrected chi connectivity index (χ2v) is 6.49. The van der Waals surface area contributed by atoms with Crippen LogP contribution in [-0.4, -0.2) is 44.7 Å². The molecule has 0 bridgehead atoms. The second-order valence-electron chi connectivity index (χ2n) is 6.49. The molecule has 142 valence electrons. The average molecular weight is 363 g/mol. The molecule has 2 N–H and O–H groups in total. The Labute approximate surface area is 151 Å². The Bertz CT molecular complexity index is 769. The molecule has 0 atom stereocenters. The number of fused-ring (bicyclic) bond motifs is 1. The molecule has 0 aliphatic rings. The van der Waals surface area contributed by atoms with Crippen molar-refractivity contribution < 1.29 is 19.1 Å². The van der Waals surface area contributed by atoms with E-state index < -0.39 is 0 Å². The van der Waals surface area contributed by atoms with Gasteiger partial charge in [0.25, 0.3) is 0 Å². The molecule has 0 spiro atoms. The van der Waals surface area contributed by atoms with Gasteiger partial charge in [-0.05, 0) is 12.3 Å². The van der Waals surface area contributed by atoms with Crippen molar-refractivity contribution in [1.82, 2.24) is 19.5 Å². The molecule has 26 heavy (non-hydrogen) atoms. The van der Waals surface area contributed by atoms with Crippen LogP contribution in [0.3, 0.4) is 0 Å². The minimum Gasteiger partial charge on any atom is -0.465 e. The fourth-order valence-electron chi connectivity index (χ4n) is 2.56. The predicted octanol–water partition coefficient (Wildman–Crippen LogP) is 1.66. The zero-order valence-electron chi connectivity index (χ0n) is 15.6. The van der Waals surface area contributed by atoms with Gasteiger partial charge in [-0.3, -0.25) is 9.59 Å². The lowest BCUT2D eigenvalue weighted by atomic mass is 10.1. The summed E-state index contributed by atoms with van der Waals surface area (Å²) < 4.78 is 12.0. The molecule has 0 fully saturated rings. The number of aryl methyl sites for hydroxylation is 1. The van der Waals surface area contributed by atoms with Gasteiger partial charge in [0, 0.05) is 26.3 Å². The Morgan fingerprint density at radius 2 is 1.77 bits per heavy atom. The van der Waals surface area contributed by atoms with E-state index in [4.69, 9.17) is 15.2 Å². The van der Waals surface area contributed by atoms with E-state index in [1.807, 2.05) is 18.4 Å². The summed E-state index contributed by atoms with van der Waals surface area (Å²) in [6.45, 7) is 7.67. The first-order valence-corrected chi connectivity index (χ1v) is 8.52. The normalized spacial score (nSPS) is 11.3. The number of hydrogen-bond donors (Lipinski definition) is 1. The van der Waals surface area contributed by atoms with Crippen molar-refractivity contribution in [2.45, 2.75) is 46.6 Å². The topological polar surface area (TPSA) is 122 Å². The van der Waals surface area contributed by atoms with Gasteiger partial charge in [0.1, 0.15) is 5.52 Å². The summed E-state index contributed by atoms with van der Waals surface area (Å²) in [5.74, 6) is -0.476. The maximum absolute atomic E-state index is 11.1. The first-order chi connectivity index (χ1) is 12.3. The summed E-state index contributed by atoms with van der Waals surface area (Å²) in [6, 6.07) is 0. The number of nitrogen functional groups attached to an aromatic ring is 1. The van der Waals surface area contributed by atoms with Gasteiger partial charge in [-0.1, -0.05) is 13.8 Å². The van der Waals surface area contributed by atoms with E-state index in [0.29, 0.717) is 18.6 Å². The lowest BCUT2D eigenvalue weighted by Crippen LogP contribution is -2.21. The standard InChI is InChI=1S/C17H25N5O4/c1-10(2)14-15-16(21-17(18)20-14)22(9-19-15)6-5-13(7-25-11(3)23)8-26-12(4)24/h9-10,13H,5-8H2,1-4H3,(H2,18,20,21). The van der Waals surface area contributed by atoms with E-state index in [1.54, 1.807) is 6.33 Å². The lowest BCUT2D eigenvalue weighted by Gasteiger charge is -2.16. The number of hydrogen-bond acceptors (Lipinski definition) is 8. The molecule has 2 aromatic heterocycles. The van der Waals surface area contributed by atoms with Gasteiger partial charge in [-0.15, -0.1) is 0 Å². The summed E-state index contributed by atoms with van der Waals surface area (Å²) in [5, 5.41) is 0. The van der Waals surface area contributed by atoms with Crippen LogP contribution in [0.5, 0.6) is 0 Å². The van der Waals surface area contributed by atoms with Crippen LogP contribution < -0.4 is 5.73 Å². The summed E-state index contributed by atoms with van der Waals surface area (Å²) in [5.41, 5.74) is 8.03. The van der Waals surface area contributed by atoms with Crippen molar-refractivity contribution in [2.24, 2.45) is 5.92 Å². The van der Waals surface area contributed by atoms with Gasteiger partial charge in [0.2, 0.25) is 5.95 Å². The highest BCUT2D eigenvalue weighted by Crippen LogP contribution is 2.22. The Kier molecular flexibility index (Phi) is 6.48. The third-order valence-electron chi connectivity index (χ3n) is 3.88. The molecule has 9 nitrogen and oxygen atoms in total. The van der Waals surface area contributed by atoms with Crippen LogP contribution in [0.15, 0.2) is 6.33 Å². The van der Waals surface area contributed by atoms with Crippen molar-refractivity contribution in [3.63, 3.8) is 0 Å². The van der Waals surface area contributed by atoms with Crippen LogP contribution in [-0.2, 0) is 25.6 Å². The van der Waals surface area contributed by atoms with Crippen LogP contribution in [0.2, 0.25) is 0 Å². The van der Waals surface area contributed by atoms with Crippen molar-refractivity contribution in [1.29, 1.82) is 0 Å². The van der Waals surface area contributed by atoms with E-state index in [1.165, 1.54) is 13.8 Å². The largest absolute Gasteiger partial charge is 0.465 e. The Morgan fingerprint density at radius 1 is 1.15 bits per heavy atom. The number of imidazole rings is 1. The molecule has 2 heterocycles. The smallest absolute Gasteiger partial charge is 0.302 e. The van der Waals surface area contributed by atoms with Crippen LogP contribution in [0, 0.1) is 5.92 Å². The van der Waals surface area contributed by atoms with E-state index in [9.17, 15) is 9.59 Å². The van der Waals surface area contributed by atoms with Gasteiger partial charge in [-0.25, -0.2) is 9.97 Å². The van der Waals surface area contributed by atoms with Crippen molar-refractivity contribution in [3.05, 3.63) is 12.0 Å². The highest BCUT2D eigenvalue weighted by Gasteiger charge is 2.17. The van der Waals surface area contributed by atoms with Gasteiger partial charge in [0.05, 0.1) is 25.2 Å². The minimum atomic E-state index is -0.368. The van der Waals surface area contributed by atoms with Crippen LogP contribution in [0.25, 0.3) is 11.2 Å². The number of esters is 2. The molecule has 0 saturated heterocycles. The Hall–Kier alpha value is -2.71. The van der Waals surface area contributed by atoms with Crippen molar-refractivity contribution in [2.75, 3.05) is 18.9 Å². The molecule has 0 aliphatic heterocycles. The molecule has 2 rings (SSSR count). The number of carbonyl (C=O) groups is 2. The van der Waals surface area contributed by atoms with Gasteiger partial charge < -0.3 is 19.8 Å². The quantitative estimate of drug-likeness (QED) is 0.703. The van der Waals surface area contributed by atoms with E-state index in [0.717, 1.165) is 11.2 Å². The van der Waals surface area contributed by atoms with E-state index in [-0.39, 0.29) is 42.9 Å². The third-order valence-corrected chi connectivity index (χ3v) is 3.88. The number of anilines is 1. The molecule has 0 saturated carbocycles. The van der Waals surface area contributed by atoms with Crippen molar-refractivity contribution in [3.8, 4) is 0 Å². The number of ether oxygens (including phenoxy) is 2. The molecule has 0 amide bonds. The molecule has 2 aromatic rings. The number of carbonyl (C=O) groups excluding carboxylic acids is 2. The highest BCUT2D eigenvalue weighted by molar-refractivity contribution is 5.75. The maximum Gasteiger partial charge on any atom is 0.302 e. The van der Waals surface area contributed by atoms with Crippen molar-refractivity contribution >= 4 is 29.1 Å². The number of aromatic nitrogens is 4. The molecule has 0 aliphatic carbocycles. The fourth-order valence-corrected chi connectivity index (χ4v) is 2.56. The minimum absolute atomic E-state index is 0.121. The number of nitrogens with two attached hydrogens (primary N) is 1. The SMILES string of the molecule is CC(=O)OCC(CCn1cnc2c(C(C)C)nc(N)nc21)COC(C)=O. The van der Waals surface area contributed by atoms with Crippen LogP contribution >= 0.6 is 0 Å². The number of rotatable bonds is 8. The van der Waals surface area contributed by atoms with Gasteiger partial charge in [-0.2, -0.15) is 4.98 Å². The average Bonchev–Trinajstić information content (AvgIpc) is 2.95. The van der Waals surface area contributed by atoms with Crippen LogP contribution in [0.4, 0.5) is 5.95 Å². The Morgan fingerprint density at radius 3 is 2.31 bits per heavy atom. The monoisotopic (exact) mass is 363 g/mol. The van der Waals surface area contributed by atoms with Crippen LogP contribution in [0.1, 0.15) is 45.7 Å². The van der Waals surface area contributed by atoms with Gasteiger partial charge in [0.15, 0.2) is 5.65 Å². The zero-order valence-corrected chi connectivity index (χ0v) is 15.6. The Balaban J connectivity index is 2.14. The lowest BCUT2D eigenvalue weighted by molar-refractivity contribution is -0.146. The summed E-state index contributed by atoms with van der Waals surface area (Å²) in [6.07, 6.45) is 2.31. The van der Waals surface area contributed by atoms with E-state index in [2.05, 4.69) is 15.0 Å². The molecular weight excluding hydrogens is 338 g/mol. The number of nitrogens with zero attached hydrogens (tertiary/aromatic N) is 4. The fraction of sp³-hybridized carbons (Fsp3) is 0.588. The maximum atomic E-state index is 11.1. The molecule has 0 radical (unpaired) electrons. The van der Waals surface area contributed by atoms with E-state index >= 15 is 0 Å². The first-order valence-electron chi connectivity index (χ1n) is 8.52. The second kappa shape index (κ2) is 8.59. The highest BCUT2D eigenvalue weighted by atomic mass is 16.5. The summed E-state index contributed by atoms with van der Waals surface area (Å²) in [7, 11) is 0. The molecule has 9 heteroatoms. The molecule has 0 unspecified atom stereocenters. The summed E-state index contributed by atoms with van der Waals surface area (Å²) >= 11 is 0. The van der Waals surface area contributed by atoms with Gasteiger partial charge >= 0.3 is 11.9 Å². The first kappa shape index (κ1) is 19.6. The predicted molar refractivity (Wildman–Crippen MR) is 95.2 cm³/mol. The zero-order chi connectivity index (χ0) is 19.3. The third kappa shape index (κ3) is 5.14.